The monoisotopic (exact) mass is 836 g/mol. The molecule has 0 amide bonds. The molecule has 4 aromatic rings. The van der Waals surface area contributed by atoms with Crippen LogP contribution in [0.5, 0.6) is 11.5 Å². The van der Waals surface area contributed by atoms with Gasteiger partial charge in [0.05, 0.1) is 43.0 Å². The minimum absolute atomic E-state index is 0.0806. The van der Waals surface area contributed by atoms with Crippen molar-refractivity contribution >= 4 is 80.8 Å². The number of hydrogen-bond donors (Lipinski definition) is 0. The van der Waals surface area contributed by atoms with Gasteiger partial charge in [0.25, 0.3) is 5.56 Å². The molecule has 47 heavy (non-hydrogen) atoms. The highest BCUT2D eigenvalue weighted by Gasteiger charge is 2.45. The van der Waals surface area contributed by atoms with E-state index in [-0.39, 0.29) is 28.1 Å². The number of rotatable bonds is 9. The summed E-state index contributed by atoms with van der Waals surface area (Å²) in [7, 11) is 0. The number of carbonyl (C=O) groups is 1. The number of allylic oxidation sites excluding steroid dienone is 1. The van der Waals surface area contributed by atoms with E-state index in [0.717, 1.165) is 21.5 Å². The molecule has 1 atom stereocenters. The fourth-order valence-electron chi connectivity index (χ4n) is 4.81. The van der Waals surface area contributed by atoms with Crippen LogP contribution in [0.1, 0.15) is 36.6 Å². The quantitative estimate of drug-likeness (QED) is 0.127. The molecule has 7 nitrogen and oxygen atoms in total. The summed E-state index contributed by atoms with van der Waals surface area (Å²) in [5.74, 6) is -0.388. The lowest BCUT2D eigenvalue weighted by Gasteiger charge is -2.26. The number of halogens is 7. The summed E-state index contributed by atoms with van der Waals surface area (Å²) in [6, 6.07) is 12.9. The van der Waals surface area contributed by atoms with Crippen LogP contribution in [0.15, 0.2) is 75.7 Å². The molecule has 246 valence electrons. The average molecular weight is 838 g/mol. The maximum Gasteiger partial charge on any atom is 0.434 e. The van der Waals surface area contributed by atoms with Gasteiger partial charge in [-0.3, -0.25) is 9.36 Å². The van der Waals surface area contributed by atoms with E-state index < -0.39 is 35.0 Å². The van der Waals surface area contributed by atoms with Gasteiger partial charge in [0.15, 0.2) is 22.0 Å². The molecule has 0 spiro atoms. The maximum atomic E-state index is 14.4. The summed E-state index contributed by atoms with van der Waals surface area (Å²) >= 11 is 21.0. The molecule has 1 aliphatic heterocycles. The third kappa shape index (κ3) is 7.67. The number of nitrogens with zero attached hydrogens (tertiary/aromatic N) is 2. The zero-order valence-corrected chi connectivity index (χ0v) is 29.7. The van der Waals surface area contributed by atoms with E-state index in [2.05, 4.69) is 27.6 Å². The summed E-state index contributed by atoms with van der Waals surface area (Å²) in [6.45, 7) is 3.57. The first kappa shape index (κ1) is 35.3. The highest BCUT2D eigenvalue weighted by Crippen LogP contribution is 2.39. The Labute approximate surface area is 299 Å². The van der Waals surface area contributed by atoms with Crippen molar-refractivity contribution in [3.63, 3.8) is 0 Å². The molecule has 0 N–H and O–H groups in total. The molecule has 0 saturated heterocycles. The molecule has 1 aliphatic rings. The molecule has 0 radical (unpaired) electrons. The molecule has 0 saturated carbocycles. The van der Waals surface area contributed by atoms with Crippen LogP contribution < -0.4 is 24.4 Å². The Kier molecular flexibility index (Phi) is 11.0. The zero-order chi connectivity index (χ0) is 34.0. The van der Waals surface area contributed by atoms with Gasteiger partial charge >= 0.3 is 12.1 Å². The first-order chi connectivity index (χ1) is 22.3. The van der Waals surface area contributed by atoms with Gasteiger partial charge in [-0.05, 0) is 95.6 Å². The van der Waals surface area contributed by atoms with Crippen molar-refractivity contribution in [2.24, 2.45) is 4.99 Å². The second-order valence-electron chi connectivity index (χ2n) is 9.91. The van der Waals surface area contributed by atoms with Gasteiger partial charge in [-0.2, -0.15) is 13.2 Å². The zero-order valence-electron chi connectivity index (χ0n) is 24.5. The van der Waals surface area contributed by atoms with Crippen molar-refractivity contribution in [3.8, 4) is 11.5 Å². The van der Waals surface area contributed by atoms with E-state index in [9.17, 15) is 22.8 Å². The van der Waals surface area contributed by atoms with Crippen molar-refractivity contribution in [1.29, 1.82) is 0 Å². The van der Waals surface area contributed by atoms with Gasteiger partial charge in [-0.1, -0.05) is 64.3 Å². The molecule has 1 aromatic heterocycles. The van der Waals surface area contributed by atoms with E-state index >= 15 is 0 Å². The predicted octanol–water partition coefficient (Wildman–Crippen LogP) is 7.88. The highest BCUT2D eigenvalue weighted by molar-refractivity contribution is 14.1. The Hall–Kier alpha value is -3.04. The minimum Gasteiger partial charge on any atom is -0.490 e. The number of aromatic nitrogens is 1. The van der Waals surface area contributed by atoms with Crippen LogP contribution in [0.2, 0.25) is 15.1 Å². The van der Waals surface area contributed by atoms with Crippen LogP contribution >= 0.6 is 68.7 Å². The Balaban J connectivity index is 1.64. The van der Waals surface area contributed by atoms with Crippen molar-refractivity contribution in [1.82, 2.24) is 4.57 Å². The Morgan fingerprint density at radius 3 is 2.38 bits per heavy atom. The Morgan fingerprint density at radius 1 is 1.02 bits per heavy atom. The lowest BCUT2D eigenvalue weighted by Crippen LogP contribution is -2.41. The number of thiazole rings is 1. The smallest absolute Gasteiger partial charge is 0.434 e. The first-order valence-electron chi connectivity index (χ1n) is 13.9. The summed E-state index contributed by atoms with van der Waals surface area (Å²) in [4.78, 5) is 30.5. The van der Waals surface area contributed by atoms with Gasteiger partial charge in [0.2, 0.25) is 0 Å². The summed E-state index contributed by atoms with van der Waals surface area (Å²) in [5.41, 5.74) is -1.35. The second kappa shape index (κ2) is 14.6. The Morgan fingerprint density at radius 2 is 1.74 bits per heavy atom. The molecule has 2 heterocycles. The van der Waals surface area contributed by atoms with E-state index in [4.69, 9.17) is 49.0 Å². The minimum atomic E-state index is -5.02. The van der Waals surface area contributed by atoms with Gasteiger partial charge in [-0.15, -0.1) is 0 Å². The molecule has 0 bridgehead atoms. The highest BCUT2D eigenvalue weighted by atomic mass is 127. The number of esters is 1. The van der Waals surface area contributed by atoms with Crippen LogP contribution in [0.4, 0.5) is 13.2 Å². The van der Waals surface area contributed by atoms with E-state index in [1.165, 1.54) is 37.3 Å². The third-order valence-corrected chi connectivity index (χ3v) is 9.55. The largest absolute Gasteiger partial charge is 0.490 e. The Bertz CT molecular complexity index is 2060. The standard InChI is InChI=1S/C32H23Cl3F3IN2O5S/c1-3-44-23-13-17(12-22(39)27(23)46-15-16-5-10-20(34)21(35)11-16)14-24-29(42)41-26(18-6-8-19(33)9-7-18)25(30(43)45-4-2)28(32(36,37)38)40-31(41)47-24/h5-14,26H,3-4,15H2,1-2H3/b24-14-/t26-/m1/s1. The molecule has 5 rings (SSSR count). The lowest BCUT2D eigenvalue weighted by atomic mass is 9.95. The van der Waals surface area contributed by atoms with E-state index in [1.54, 1.807) is 37.3 Å². The summed E-state index contributed by atoms with van der Waals surface area (Å²) < 4.78 is 61.9. The fraction of sp³-hybridized carbons (Fsp3) is 0.219. The number of ether oxygens (including phenoxy) is 3. The second-order valence-corrected chi connectivity index (χ2v) is 13.3. The molecule has 3 aromatic carbocycles. The SMILES string of the molecule is CCOC(=O)C1=C(C(F)(F)F)N=c2s/c(=C\c3cc(I)c(OCc4ccc(Cl)c(Cl)c4)c(OCC)c3)c(=O)n2[C@@H]1c1ccc(Cl)cc1. The predicted molar refractivity (Wildman–Crippen MR) is 183 cm³/mol. The molecule has 15 heteroatoms. The molecule has 0 unspecified atom stereocenters. The van der Waals surface area contributed by atoms with Gasteiger partial charge in [0, 0.05) is 5.02 Å². The number of fused-ring (bicyclic) bond motifs is 1. The van der Waals surface area contributed by atoms with Gasteiger partial charge in [0.1, 0.15) is 6.61 Å². The normalized spacial score (nSPS) is 14.9. The van der Waals surface area contributed by atoms with Crippen molar-refractivity contribution < 1.29 is 32.2 Å². The van der Waals surface area contributed by atoms with Crippen LogP contribution in [0.25, 0.3) is 6.08 Å². The number of benzene rings is 3. The summed E-state index contributed by atoms with van der Waals surface area (Å²) in [5, 5.41) is 1.13. The third-order valence-electron chi connectivity index (χ3n) is 6.78. The molecule has 0 aliphatic carbocycles. The van der Waals surface area contributed by atoms with Crippen molar-refractivity contribution in [3.05, 3.63) is 121 Å². The number of carbonyl (C=O) groups excluding carboxylic acids is 1. The summed E-state index contributed by atoms with van der Waals surface area (Å²) in [6.07, 6.45) is -3.49. The van der Waals surface area contributed by atoms with Gasteiger partial charge in [-0.25, -0.2) is 9.79 Å². The number of hydrogen-bond acceptors (Lipinski definition) is 7. The molecular weight excluding hydrogens is 815 g/mol. The lowest BCUT2D eigenvalue weighted by molar-refractivity contribution is -0.140. The maximum absolute atomic E-state index is 14.4. The topological polar surface area (TPSA) is 79.1 Å². The van der Waals surface area contributed by atoms with Crippen molar-refractivity contribution in [2.75, 3.05) is 13.2 Å². The molecular formula is C32H23Cl3F3IN2O5S. The van der Waals surface area contributed by atoms with E-state index in [1.807, 2.05) is 0 Å². The van der Waals surface area contributed by atoms with Crippen molar-refractivity contribution in [2.45, 2.75) is 32.7 Å². The van der Waals surface area contributed by atoms with Crippen LogP contribution in [0.3, 0.4) is 0 Å². The average Bonchev–Trinajstić information content (AvgIpc) is 3.32. The first-order valence-corrected chi connectivity index (χ1v) is 16.9. The number of alkyl halides is 3. The fourth-order valence-corrected chi connectivity index (χ4v) is 7.04. The molecule has 0 fully saturated rings. The van der Waals surface area contributed by atoms with Crippen LogP contribution in [0, 0.1) is 3.57 Å². The van der Waals surface area contributed by atoms with Crippen LogP contribution in [-0.2, 0) is 16.1 Å². The van der Waals surface area contributed by atoms with E-state index in [0.29, 0.717) is 42.3 Å². The van der Waals surface area contributed by atoms with Crippen LogP contribution in [-0.4, -0.2) is 29.9 Å². The van der Waals surface area contributed by atoms with Gasteiger partial charge < -0.3 is 14.2 Å².